The van der Waals surface area contributed by atoms with E-state index in [4.69, 9.17) is 9.47 Å². The molecule has 150 valence electrons. The second-order valence-electron chi connectivity index (χ2n) is 6.63. The summed E-state index contributed by atoms with van der Waals surface area (Å²) in [6.07, 6.45) is 0.00369. The summed E-state index contributed by atoms with van der Waals surface area (Å²) in [6, 6.07) is 12.9. The van der Waals surface area contributed by atoms with Crippen LogP contribution >= 0.6 is 15.9 Å². The predicted molar refractivity (Wildman–Crippen MR) is 109 cm³/mol. The van der Waals surface area contributed by atoms with Gasteiger partial charge >= 0.3 is 0 Å². The van der Waals surface area contributed by atoms with Gasteiger partial charge in [0.05, 0.1) is 37.3 Å². The van der Waals surface area contributed by atoms with Gasteiger partial charge < -0.3 is 14.8 Å². The lowest BCUT2D eigenvalue weighted by Crippen LogP contribution is -2.44. The van der Waals surface area contributed by atoms with Crippen LogP contribution in [0.25, 0.3) is 0 Å². The van der Waals surface area contributed by atoms with Crippen LogP contribution in [-0.4, -0.2) is 50.8 Å². The topological polar surface area (TPSA) is 50.8 Å². The van der Waals surface area contributed by atoms with Crippen LogP contribution in [0, 0.1) is 5.82 Å². The van der Waals surface area contributed by atoms with Gasteiger partial charge in [-0.15, -0.1) is 0 Å². The molecule has 2 aromatic carbocycles. The van der Waals surface area contributed by atoms with Crippen molar-refractivity contribution in [2.75, 3.05) is 40.0 Å². The van der Waals surface area contributed by atoms with Gasteiger partial charge in [0.25, 0.3) is 0 Å². The lowest BCUT2D eigenvalue weighted by molar-refractivity contribution is -0.120. The zero-order chi connectivity index (χ0) is 19.9. The molecule has 1 fully saturated rings. The largest absolute Gasteiger partial charge is 0.497 e. The number of halogens is 2. The monoisotopic (exact) mass is 450 g/mol. The third-order valence-electron chi connectivity index (χ3n) is 4.86. The molecule has 1 N–H and O–H groups in total. The van der Waals surface area contributed by atoms with E-state index in [1.54, 1.807) is 25.3 Å². The molecule has 7 heteroatoms. The van der Waals surface area contributed by atoms with Gasteiger partial charge in [0.2, 0.25) is 5.91 Å². The van der Waals surface area contributed by atoms with E-state index in [1.807, 2.05) is 24.3 Å². The van der Waals surface area contributed by atoms with Gasteiger partial charge in [0.15, 0.2) is 0 Å². The molecule has 0 bridgehead atoms. The van der Waals surface area contributed by atoms with E-state index in [1.165, 1.54) is 0 Å². The Kier molecular flexibility index (Phi) is 7.42. The Bertz CT molecular complexity index is 795. The van der Waals surface area contributed by atoms with Crippen LogP contribution in [0.15, 0.2) is 46.9 Å². The summed E-state index contributed by atoms with van der Waals surface area (Å²) < 4.78 is 25.2. The van der Waals surface area contributed by atoms with Crippen LogP contribution in [0.2, 0.25) is 0 Å². The molecule has 1 atom stereocenters. The number of carbonyl (C=O) groups is 1. The highest BCUT2D eigenvalue weighted by Gasteiger charge is 2.23. The maximum absolute atomic E-state index is 14.1. The molecule has 5 nitrogen and oxygen atoms in total. The van der Waals surface area contributed by atoms with Crippen LogP contribution in [-0.2, 0) is 16.0 Å². The fourth-order valence-corrected chi connectivity index (χ4v) is 3.71. The van der Waals surface area contributed by atoms with Gasteiger partial charge in [-0.25, -0.2) is 4.39 Å². The second kappa shape index (κ2) is 10.0. The number of ether oxygens (including phenoxy) is 2. The molecule has 1 aliphatic heterocycles. The first-order valence-corrected chi connectivity index (χ1v) is 10.0. The van der Waals surface area contributed by atoms with E-state index in [-0.39, 0.29) is 18.4 Å². The fourth-order valence-electron chi connectivity index (χ4n) is 3.30. The van der Waals surface area contributed by atoms with Crippen molar-refractivity contribution in [1.82, 2.24) is 10.2 Å². The molecule has 1 heterocycles. The Morgan fingerprint density at radius 3 is 2.64 bits per heavy atom. The van der Waals surface area contributed by atoms with Crippen molar-refractivity contribution in [3.05, 3.63) is 63.9 Å². The Balaban J connectivity index is 1.68. The van der Waals surface area contributed by atoms with Gasteiger partial charge in [0.1, 0.15) is 11.6 Å². The zero-order valence-electron chi connectivity index (χ0n) is 15.8. The molecule has 28 heavy (non-hydrogen) atoms. The van der Waals surface area contributed by atoms with E-state index < -0.39 is 5.82 Å². The van der Waals surface area contributed by atoms with Crippen LogP contribution in [0.4, 0.5) is 4.39 Å². The fraction of sp³-hybridized carbons (Fsp3) is 0.381. The van der Waals surface area contributed by atoms with Crippen molar-refractivity contribution in [2.45, 2.75) is 12.5 Å². The minimum Gasteiger partial charge on any atom is -0.497 e. The Hall–Kier alpha value is -1.96. The van der Waals surface area contributed by atoms with Crippen LogP contribution < -0.4 is 10.1 Å². The van der Waals surface area contributed by atoms with Crippen LogP contribution in [0.1, 0.15) is 17.2 Å². The van der Waals surface area contributed by atoms with Gasteiger partial charge in [-0.05, 0) is 45.3 Å². The smallest absolute Gasteiger partial charge is 0.224 e. The quantitative estimate of drug-likeness (QED) is 0.702. The molecule has 3 rings (SSSR count). The first-order chi connectivity index (χ1) is 13.6. The number of nitrogens with zero attached hydrogens (tertiary/aromatic N) is 1. The van der Waals surface area contributed by atoms with Crippen molar-refractivity contribution in [3.63, 3.8) is 0 Å². The molecule has 0 saturated carbocycles. The highest BCUT2D eigenvalue weighted by atomic mass is 79.9. The number of benzene rings is 2. The molecular formula is C21H24BrFN2O3. The number of nitrogens with one attached hydrogen (secondary N) is 1. The minimum atomic E-state index is -0.391. The van der Waals surface area contributed by atoms with Gasteiger partial charge in [-0.2, -0.15) is 0 Å². The highest BCUT2D eigenvalue weighted by molar-refractivity contribution is 9.10. The number of methoxy groups -OCH3 is 1. The van der Waals surface area contributed by atoms with Crippen LogP contribution in [0.3, 0.4) is 0 Å². The highest BCUT2D eigenvalue weighted by Crippen LogP contribution is 2.24. The molecule has 1 saturated heterocycles. The SMILES string of the molecule is COc1ccc(C(CNC(=O)Cc2cccc(Br)c2F)N2CCOCC2)cc1. The molecule has 1 aliphatic rings. The van der Waals surface area contributed by atoms with Crippen molar-refractivity contribution in [1.29, 1.82) is 0 Å². The summed E-state index contributed by atoms with van der Waals surface area (Å²) in [6.45, 7) is 3.38. The standard InChI is InChI=1S/C21H24BrFN2O3/c1-27-17-7-5-15(6-8-17)19(25-9-11-28-12-10-25)14-24-20(26)13-16-3-2-4-18(22)21(16)23/h2-8,19H,9-14H2,1H3,(H,24,26). The van der Waals surface area contributed by atoms with Crippen molar-refractivity contribution in [3.8, 4) is 5.75 Å². The number of carbonyl (C=O) groups excluding carboxylic acids is 1. The van der Waals surface area contributed by atoms with E-state index in [0.717, 1.165) is 24.4 Å². The van der Waals surface area contributed by atoms with Crippen molar-refractivity contribution in [2.24, 2.45) is 0 Å². The summed E-state index contributed by atoms with van der Waals surface area (Å²) >= 11 is 3.16. The average molecular weight is 451 g/mol. The first-order valence-electron chi connectivity index (χ1n) is 9.24. The number of rotatable bonds is 7. The lowest BCUT2D eigenvalue weighted by atomic mass is 10.0. The summed E-state index contributed by atoms with van der Waals surface area (Å²) in [5.74, 6) is 0.194. The van der Waals surface area contributed by atoms with Crippen molar-refractivity contribution < 1.29 is 18.7 Å². The van der Waals surface area contributed by atoms with E-state index in [9.17, 15) is 9.18 Å². The summed E-state index contributed by atoms with van der Waals surface area (Å²) in [5.41, 5.74) is 1.47. The average Bonchev–Trinajstić information content (AvgIpc) is 2.73. The van der Waals surface area contributed by atoms with Crippen molar-refractivity contribution >= 4 is 21.8 Å². The molecule has 1 amide bonds. The molecule has 1 unspecified atom stereocenters. The zero-order valence-corrected chi connectivity index (χ0v) is 17.4. The second-order valence-corrected chi connectivity index (χ2v) is 7.49. The molecule has 2 aromatic rings. The van der Waals surface area contributed by atoms with Gasteiger partial charge in [-0.3, -0.25) is 9.69 Å². The summed E-state index contributed by atoms with van der Waals surface area (Å²) in [5, 5.41) is 2.97. The summed E-state index contributed by atoms with van der Waals surface area (Å²) in [7, 11) is 1.63. The molecule has 0 radical (unpaired) electrons. The third-order valence-corrected chi connectivity index (χ3v) is 5.47. The normalized spacial score (nSPS) is 15.8. The third kappa shape index (κ3) is 5.31. The Morgan fingerprint density at radius 2 is 1.96 bits per heavy atom. The predicted octanol–water partition coefficient (Wildman–Crippen LogP) is 3.33. The lowest BCUT2D eigenvalue weighted by Gasteiger charge is -2.35. The number of morpholine rings is 1. The summed E-state index contributed by atoms with van der Waals surface area (Å²) in [4.78, 5) is 14.7. The Morgan fingerprint density at radius 1 is 1.25 bits per heavy atom. The van der Waals surface area contributed by atoms with Gasteiger partial charge in [0, 0.05) is 19.6 Å². The maximum atomic E-state index is 14.1. The van der Waals surface area contributed by atoms with E-state index >= 15 is 0 Å². The number of hydrogen-bond donors (Lipinski definition) is 1. The first kappa shape index (κ1) is 20.8. The molecular weight excluding hydrogens is 427 g/mol. The van der Waals surface area contributed by atoms with E-state index in [0.29, 0.717) is 29.8 Å². The minimum absolute atomic E-state index is 0.00369. The van der Waals surface area contributed by atoms with E-state index in [2.05, 4.69) is 26.1 Å². The number of amides is 1. The maximum Gasteiger partial charge on any atom is 0.224 e. The van der Waals surface area contributed by atoms with Crippen LogP contribution in [0.5, 0.6) is 5.75 Å². The molecule has 0 aliphatic carbocycles. The Labute approximate surface area is 172 Å². The molecule has 0 spiro atoms. The molecule has 0 aromatic heterocycles. The van der Waals surface area contributed by atoms with Gasteiger partial charge in [-0.1, -0.05) is 24.3 Å². The number of hydrogen-bond acceptors (Lipinski definition) is 4.